The quantitative estimate of drug-likeness (QED) is 0.0301. The Hall–Kier alpha value is -0.400. The van der Waals surface area contributed by atoms with Crippen LogP contribution in [0, 0.1) is 166 Å². The van der Waals surface area contributed by atoms with Gasteiger partial charge in [-0.1, -0.05) is 348 Å². The number of hydrogen-bond donors (Lipinski definition) is 10. The highest BCUT2D eigenvalue weighted by atomic mass is 16.3. The Morgan fingerprint density at radius 1 is 0.206 bits per heavy atom. The molecule has 0 radical (unpaired) electrons. The maximum Gasteiger partial charge on any atom is 0.0601 e. The number of rotatable bonds is 33. The van der Waals surface area contributed by atoms with Gasteiger partial charge < -0.3 is 51.1 Å². The second-order valence-electron chi connectivity index (χ2n) is 48.2. The van der Waals surface area contributed by atoms with E-state index < -0.39 is 0 Å². The summed E-state index contributed by atoms with van der Waals surface area (Å²) >= 11 is 0. The molecule has 32 atom stereocenters. The van der Waals surface area contributed by atoms with Gasteiger partial charge in [0.1, 0.15) is 0 Å². The maximum absolute atomic E-state index is 10.4. The molecule has 32 unspecified atom stereocenters. The van der Waals surface area contributed by atoms with Crippen molar-refractivity contribution in [2.45, 2.75) is 608 Å². The summed E-state index contributed by atoms with van der Waals surface area (Å²) in [6.45, 7) is 63.1. The lowest BCUT2D eigenvalue weighted by molar-refractivity contribution is -0.0271. The number of aliphatic hydroxyl groups excluding tert-OH is 10. The molecule has 10 fully saturated rings. The molecule has 0 aromatic rings. The first-order chi connectivity index (χ1) is 62.4. The van der Waals surface area contributed by atoms with Crippen LogP contribution in [0.15, 0.2) is 0 Å². The van der Waals surface area contributed by atoms with Crippen molar-refractivity contribution in [2.24, 2.45) is 166 Å². The minimum Gasteiger partial charge on any atom is -0.393 e. The number of hydrogen-bond acceptors (Lipinski definition) is 10. The summed E-state index contributed by atoms with van der Waals surface area (Å²) < 4.78 is 0. The van der Waals surface area contributed by atoms with Crippen LogP contribution in [-0.4, -0.2) is 112 Å². The molecule has 10 aliphatic rings. The van der Waals surface area contributed by atoms with Gasteiger partial charge in [0.05, 0.1) is 61.0 Å². The third-order valence-corrected chi connectivity index (χ3v) is 36.4. The third-order valence-electron chi connectivity index (χ3n) is 36.4. The zero-order chi connectivity index (χ0) is 98.8. The van der Waals surface area contributed by atoms with Gasteiger partial charge in [0.2, 0.25) is 0 Å². The molecular weight excluding hydrogens is 1610 g/mol. The summed E-state index contributed by atoms with van der Waals surface area (Å²) in [6.07, 6.45) is 67.3. The van der Waals surface area contributed by atoms with Crippen molar-refractivity contribution in [3.05, 3.63) is 0 Å². The van der Waals surface area contributed by atoms with E-state index in [1.807, 2.05) is 0 Å². The highest BCUT2D eigenvalue weighted by Gasteiger charge is 2.40. The smallest absolute Gasteiger partial charge is 0.0601 e. The van der Waals surface area contributed by atoms with Crippen LogP contribution in [0.5, 0.6) is 0 Å². The summed E-state index contributed by atoms with van der Waals surface area (Å²) in [6, 6.07) is 0. The van der Waals surface area contributed by atoms with Gasteiger partial charge in [0, 0.05) is 0 Å². The lowest BCUT2D eigenvalue weighted by Gasteiger charge is -2.40. The second kappa shape index (κ2) is 75.4. The Kier molecular flexibility index (Phi) is 74.0. The first-order valence-electron chi connectivity index (χ1n) is 59.2. The van der Waals surface area contributed by atoms with Gasteiger partial charge in [-0.2, -0.15) is 0 Å². The molecule has 10 N–H and O–H groups in total. The Morgan fingerprint density at radius 2 is 0.580 bits per heavy atom. The lowest BCUT2D eigenvalue weighted by atomic mass is 9.68. The summed E-state index contributed by atoms with van der Waals surface area (Å²) in [4.78, 5) is 0. The van der Waals surface area contributed by atoms with Crippen molar-refractivity contribution in [1.82, 2.24) is 0 Å². The normalized spacial score (nSPS) is 35.9. The average Bonchev–Trinajstić information content (AvgIpc) is 0.823. The zero-order valence-electron chi connectivity index (χ0n) is 93.3. The molecule has 0 aromatic heterocycles. The first kappa shape index (κ1) is 129. The Bertz CT molecular complexity index is 2480. The van der Waals surface area contributed by atoms with Gasteiger partial charge in [0.25, 0.3) is 0 Å². The van der Waals surface area contributed by atoms with Gasteiger partial charge in [-0.05, 0) is 365 Å². The van der Waals surface area contributed by atoms with Gasteiger partial charge >= 0.3 is 0 Å². The van der Waals surface area contributed by atoms with E-state index >= 15 is 0 Å². The minimum atomic E-state index is -0.0383. The maximum atomic E-state index is 10.4. The zero-order valence-corrected chi connectivity index (χ0v) is 93.3. The highest BCUT2D eigenvalue weighted by molar-refractivity contribution is 4.91. The molecular formula is C121H242O10. The Balaban J connectivity index is 0.000000729. The molecule has 786 valence electrons. The second-order valence-corrected chi connectivity index (χ2v) is 48.2. The lowest BCUT2D eigenvalue weighted by Crippen LogP contribution is -2.39. The predicted octanol–water partition coefficient (Wildman–Crippen LogP) is 32.9. The number of aliphatic hydroxyl groups is 10. The molecule has 131 heavy (non-hydrogen) atoms. The van der Waals surface area contributed by atoms with Crippen LogP contribution in [0.25, 0.3) is 0 Å². The fourth-order valence-electron chi connectivity index (χ4n) is 27.0. The predicted molar refractivity (Wildman–Crippen MR) is 571 cm³/mol. The van der Waals surface area contributed by atoms with E-state index in [0.29, 0.717) is 88.8 Å². The molecule has 10 heteroatoms. The van der Waals surface area contributed by atoms with Crippen LogP contribution < -0.4 is 0 Å². The van der Waals surface area contributed by atoms with Crippen LogP contribution in [0.3, 0.4) is 0 Å². The van der Waals surface area contributed by atoms with Crippen molar-refractivity contribution >= 4 is 0 Å². The molecule has 10 aliphatic carbocycles. The molecule has 0 aliphatic heterocycles. The molecule has 0 amide bonds. The first-order valence-corrected chi connectivity index (χ1v) is 59.2. The van der Waals surface area contributed by atoms with E-state index in [1.54, 1.807) is 0 Å². The molecule has 0 saturated heterocycles. The van der Waals surface area contributed by atoms with E-state index in [1.165, 1.54) is 276 Å². The Morgan fingerprint density at radius 3 is 1.06 bits per heavy atom. The largest absolute Gasteiger partial charge is 0.393 e. The summed E-state index contributed by atoms with van der Waals surface area (Å²) in [5, 5.41) is 99.2. The van der Waals surface area contributed by atoms with Crippen molar-refractivity contribution in [1.29, 1.82) is 0 Å². The van der Waals surface area contributed by atoms with Gasteiger partial charge in [-0.3, -0.25) is 0 Å². The van der Waals surface area contributed by atoms with Crippen molar-refractivity contribution < 1.29 is 51.1 Å². The highest BCUT2D eigenvalue weighted by Crippen LogP contribution is 2.45. The van der Waals surface area contributed by atoms with Crippen LogP contribution in [0.2, 0.25) is 0 Å². The van der Waals surface area contributed by atoms with E-state index in [0.717, 1.165) is 154 Å². The van der Waals surface area contributed by atoms with Crippen molar-refractivity contribution in [3.63, 3.8) is 0 Å². The van der Waals surface area contributed by atoms with Crippen LogP contribution in [-0.2, 0) is 0 Å². The van der Waals surface area contributed by atoms with Gasteiger partial charge in [-0.15, -0.1) is 0 Å². The molecule has 0 spiro atoms. The summed E-state index contributed by atoms with van der Waals surface area (Å²) in [5.41, 5.74) is 0. The molecule has 10 nitrogen and oxygen atoms in total. The van der Waals surface area contributed by atoms with E-state index in [9.17, 15) is 51.1 Å². The van der Waals surface area contributed by atoms with Gasteiger partial charge in [-0.25, -0.2) is 0 Å². The summed E-state index contributed by atoms with van der Waals surface area (Å²) in [5.74, 6) is 19.6. The van der Waals surface area contributed by atoms with Crippen LogP contribution in [0.4, 0.5) is 0 Å². The topological polar surface area (TPSA) is 202 Å². The third kappa shape index (κ3) is 51.4. The SMILES string of the molecule is CC(C)CC1CCC(CC(C)C)C(O)C1.CC(C)CC1CCCC(CC(C)C)C1O.CCC(C)C1CCC(O)C(C(C)CC)C1.CCC(C)C1CCCC(C(C)CC)C1O.CCC1CCC(CC)C(O)C1.CCCC1CC(CC)CCC1O.CCCC1CC(O)CCC1CC.CCCC1CCC(O)C(CC)C1.CCCC1CCCC(CC)C1O.CCCC1CCCC(O)C1CC. The van der Waals surface area contributed by atoms with Crippen molar-refractivity contribution in [3.8, 4) is 0 Å². The molecule has 0 aromatic carbocycles. The molecule has 10 saturated carbocycles. The Labute approximate surface area is 819 Å². The molecule has 10 rings (SSSR count). The molecule has 0 bridgehead atoms. The van der Waals surface area contributed by atoms with Crippen LogP contribution >= 0.6 is 0 Å². The van der Waals surface area contributed by atoms with Crippen LogP contribution in [0.1, 0.15) is 547 Å². The van der Waals surface area contributed by atoms with Crippen molar-refractivity contribution in [2.75, 3.05) is 0 Å². The standard InChI is InChI=1S/4C14H28O.5C11H22O.C10H20O/c1-10(2)7-12-5-6-13(8-11(3)4)14(15)9-12;1-10(2)8-12-6-5-7-13(14(12)15)9-11(3)4;1-5-10(3)12-7-8-14(15)13(9-12)11(4)6-2;1-5-10(3)12-8-7-9-13(14(12)15)11(4)6-2;1-3-6-9-7-5-8-11(12)10(9)4-2;1-3-6-10-8-5-7-9(4-2)11(10)12;1-3-5-9-6-7-11(12)10(4-2)8-9;1-3-5-10-8-11(12)7-6-9(10)4-2;1-3-5-10-8-9(4-2)6-7-11(10)12;1-3-8-5-6-9(4-2)10(11)7-8/h4*10-15H,5-9H2,1-4H3;5*9-12H,3-8H2,1-2H3;8-11H,3-7H2,1-2H3. The monoisotopic (exact) mass is 1860 g/mol. The fraction of sp³-hybridized carbons (Fsp3) is 1.00. The fourth-order valence-corrected chi connectivity index (χ4v) is 27.0. The molecule has 0 heterocycles. The van der Waals surface area contributed by atoms with Gasteiger partial charge in [0.15, 0.2) is 0 Å². The minimum absolute atomic E-state index is 0.000278. The van der Waals surface area contributed by atoms with E-state index in [4.69, 9.17) is 0 Å². The van der Waals surface area contributed by atoms with E-state index in [2.05, 4.69) is 194 Å². The average molecular weight is 1860 g/mol. The van der Waals surface area contributed by atoms with E-state index in [-0.39, 0.29) is 61.0 Å². The summed E-state index contributed by atoms with van der Waals surface area (Å²) in [7, 11) is 0.